The molecule has 2 aromatic heterocycles. The lowest BCUT2D eigenvalue weighted by Gasteiger charge is -2.10. The molecule has 9 heteroatoms. The van der Waals surface area contributed by atoms with Crippen LogP contribution in [-0.2, 0) is 11.3 Å². The Balaban J connectivity index is 1.77. The number of hydrogen-bond acceptors (Lipinski definition) is 7. The van der Waals surface area contributed by atoms with E-state index in [2.05, 4.69) is 5.32 Å². The number of anilines is 1. The van der Waals surface area contributed by atoms with E-state index >= 15 is 0 Å². The summed E-state index contributed by atoms with van der Waals surface area (Å²) in [6.45, 7) is 9.06. The van der Waals surface area contributed by atoms with Gasteiger partial charge in [-0.2, -0.15) is 0 Å². The Bertz CT molecular complexity index is 1210. The second-order valence-corrected chi connectivity index (χ2v) is 8.88. The van der Waals surface area contributed by atoms with Gasteiger partial charge in [0.1, 0.15) is 23.1 Å². The van der Waals surface area contributed by atoms with Crippen LogP contribution in [0.15, 0.2) is 34.7 Å². The first-order chi connectivity index (χ1) is 15.6. The van der Waals surface area contributed by atoms with Crippen molar-refractivity contribution < 1.29 is 28.3 Å². The Kier molecular flexibility index (Phi) is 7.23. The van der Waals surface area contributed by atoms with Crippen LogP contribution in [0.3, 0.4) is 0 Å². The maximum absolute atomic E-state index is 12.8. The second kappa shape index (κ2) is 9.91. The van der Waals surface area contributed by atoms with Crippen LogP contribution in [0.1, 0.15) is 66.9 Å². The fourth-order valence-electron chi connectivity index (χ4n) is 3.11. The van der Waals surface area contributed by atoms with Crippen molar-refractivity contribution in [2.24, 2.45) is 5.73 Å². The maximum Gasteiger partial charge on any atom is 0.341 e. The Hall–Kier alpha value is -3.59. The number of nitrogens with two attached hydrogens (primary N) is 1. The summed E-state index contributed by atoms with van der Waals surface area (Å²) in [5.41, 5.74) is 7.94. The first-order valence-electron chi connectivity index (χ1n) is 10.3. The normalized spacial score (nSPS) is 10.8. The lowest BCUT2D eigenvalue weighted by molar-refractivity contribution is 0.0379. The van der Waals surface area contributed by atoms with Crippen molar-refractivity contribution >= 4 is 34.1 Å². The van der Waals surface area contributed by atoms with Gasteiger partial charge in [-0.3, -0.25) is 9.59 Å². The predicted molar refractivity (Wildman–Crippen MR) is 125 cm³/mol. The summed E-state index contributed by atoms with van der Waals surface area (Å²) in [5, 5.41) is 2.81. The topological polar surface area (TPSA) is 121 Å². The molecule has 0 aliphatic carbocycles. The molecule has 2 heterocycles. The fraction of sp³-hybridized carbons (Fsp3) is 0.292. The Labute approximate surface area is 195 Å². The molecule has 33 heavy (non-hydrogen) atoms. The van der Waals surface area contributed by atoms with Crippen molar-refractivity contribution in [2.45, 2.75) is 47.3 Å². The van der Waals surface area contributed by atoms with Crippen LogP contribution in [0.5, 0.6) is 5.75 Å². The van der Waals surface area contributed by atoms with Gasteiger partial charge in [0.05, 0.1) is 16.5 Å². The van der Waals surface area contributed by atoms with Gasteiger partial charge < -0.3 is 24.9 Å². The van der Waals surface area contributed by atoms with Crippen molar-refractivity contribution in [3.63, 3.8) is 0 Å². The number of thiophene rings is 1. The van der Waals surface area contributed by atoms with Gasteiger partial charge in [0.15, 0.2) is 5.76 Å². The molecule has 0 bridgehead atoms. The van der Waals surface area contributed by atoms with Crippen LogP contribution >= 0.6 is 11.3 Å². The van der Waals surface area contributed by atoms with E-state index in [9.17, 15) is 14.4 Å². The quantitative estimate of drug-likeness (QED) is 0.458. The van der Waals surface area contributed by atoms with E-state index in [4.69, 9.17) is 19.6 Å². The lowest BCUT2D eigenvalue weighted by Crippen LogP contribution is -2.17. The number of esters is 1. The molecule has 3 N–H and O–H groups in total. The molecule has 2 amide bonds. The molecule has 0 saturated heterocycles. The highest BCUT2D eigenvalue weighted by molar-refractivity contribution is 7.18. The molecule has 174 valence electrons. The van der Waals surface area contributed by atoms with Crippen LogP contribution < -0.4 is 15.8 Å². The minimum atomic E-state index is -0.694. The molecule has 1 aromatic carbocycles. The standard InChI is InChI=1S/C24H26N2O6S/c1-12(2)31-24(29)19-15(5)20(21(25)27)33-23(19)26-22(28)17-9-8-16(32-17)11-30-18-10-13(3)6-7-14(18)4/h6-10,12H,11H2,1-5H3,(H2,25,27)(H,26,28). The minimum Gasteiger partial charge on any atom is -0.485 e. The number of primary amides is 1. The van der Waals surface area contributed by atoms with Gasteiger partial charge in [0.25, 0.3) is 11.8 Å². The van der Waals surface area contributed by atoms with E-state index in [1.807, 2.05) is 32.0 Å². The zero-order chi connectivity index (χ0) is 24.3. The van der Waals surface area contributed by atoms with Crippen molar-refractivity contribution in [1.82, 2.24) is 0 Å². The van der Waals surface area contributed by atoms with Gasteiger partial charge in [0, 0.05) is 0 Å². The zero-order valence-corrected chi connectivity index (χ0v) is 19.9. The molecule has 0 radical (unpaired) electrons. The third-order valence-corrected chi connectivity index (χ3v) is 5.97. The Morgan fingerprint density at radius 3 is 2.52 bits per heavy atom. The van der Waals surface area contributed by atoms with Crippen LogP contribution in [-0.4, -0.2) is 23.9 Å². The van der Waals surface area contributed by atoms with Crippen molar-refractivity contribution in [3.8, 4) is 5.75 Å². The summed E-state index contributed by atoms with van der Waals surface area (Å²) in [6, 6.07) is 9.05. The highest BCUT2D eigenvalue weighted by Gasteiger charge is 2.27. The van der Waals surface area contributed by atoms with Crippen LogP contribution in [0, 0.1) is 20.8 Å². The Morgan fingerprint density at radius 1 is 1.12 bits per heavy atom. The molecule has 0 fully saturated rings. The van der Waals surface area contributed by atoms with Crippen LogP contribution in [0.2, 0.25) is 0 Å². The molecular weight excluding hydrogens is 444 g/mol. The molecule has 0 unspecified atom stereocenters. The van der Waals surface area contributed by atoms with Crippen molar-refractivity contribution in [1.29, 1.82) is 0 Å². The van der Waals surface area contributed by atoms with Gasteiger partial charge >= 0.3 is 5.97 Å². The van der Waals surface area contributed by atoms with Gasteiger partial charge in [-0.05, 0) is 69.5 Å². The smallest absolute Gasteiger partial charge is 0.341 e. The number of hydrogen-bond donors (Lipinski definition) is 2. The average Bonchev–Trinajstić information content (AvgIpc) is 3.33. The number of furan rings is 1. The molecule has 3 aromatic rings. The maximum atomic E-state index is 12.8. The highest BCUT2D eigenvalue weighted by Crippen LogP contribution is 2.34. The SMILES string of the molecule is Cc1ccc(C)c(OCc2ccc(C(=O)Nc3sc(C(N)=O)c(C)c3C(=O)OC(C)C)o2)c1. The number of aryl methyl sites for hydroxylation is 2. The number of carbonyl (C=O) groups is 3. The zero-order valence-electron chi connectivity index (χ0n) is 19.1. The molecule has 8 nitrogen and oxygen atoms in total. The largest absolute Gasteiger partial charge is 0.485 e. The van der Waals surface area contributed by atoms with E-state index in [-0.39, 0.29) is 33.9 Å². The van der Waals surface area contributed by atoms with Gasteiger partial charge in [-0.15, -0.1) is 11.3 Å². The first-order valence-corrected chi connectivity index (χ1v) is 11.1. The minimum absolute atomic E-state index is 0.0319. The number of amides is 2. The number of benzene rings is 1. The molecule has 0 aliphatic rings. The molecule has 0 aliphatic heterocycles. The van der Waals surface area contributed by atoms with E-state index in [0.29, 0.717) is 11.3 Å². The number of carbonyl (C=O) groups excluding carboxylic acids is 3. The molecule has 0 spiro atoms. The Morgan fingerprint density at radius 2 is 1.85 bits per heavy atom. The predicted octanol–water partition coefficient (Wildman–Crippen LogP) is 4.76. The van der Waals surface area contributed by atoms with Crippen molar-refractivity contribution in [3.05, 3.63) is 69.0 Å². The van der Waals surface area contributed by atoms with Gasteiger partial charge in [-0.1, -0.05) is 12.1 Å². The molecule has 0 saturated carbocycles. The monoisotopic (exact) mass is 470 g/mol. The molecular formula is C24H26N2O6S. The highest BCUT2D eigenvalue weighted by atomic mass is 32.1. The molecule has 0 atom stereocenters. The van der Waals surface area contributed by atoms with Gasteiger partial charge in [0.2, 0.25) is 0 Å². The first kappa shape index (κ1) is 24.1. The third-order valence-electron chi connectivity index (χ3n) is 4.74. The summed E-state index contributed by atoms with van der Waals surface area (Å²) >= 11 is 0.916. The van der Waals surface area contributed by atoms with E-state index in [1.54, 1.807) is 26.8 Å². The summed E-state index contributed by atoms with van der Waals surface area (Å²) in [5.74, 6) is -0.697. The second-order valence-electron chi connectivity index (χ2n) is 7.86. The lowest BCUT2D eigenvalue weighted by atomic mass is 10.1. The van der Waals surface area contributed by atoms with Crippen LogP contribution in [0.25, 0.3) is 0 Å². The summed E-state index contributed by atoms with van der Waals surface area (Å²) in [4.78, 5) is 37.3. The van der Waals surface area contributed by atoms with Crippen LogP contribution in [0.4, 0.5) is 5.00 Å². The van der Waals surface area contributed by atoms with Crippen molar-refractivity contribution in [2.75, 3.05) is 5.32 Å². The van der Waals surface area contributed by atoms with E-state index in [1.165, 1.54) is 6.07 Å². The third kappa shape index (κ3) is 5.61. The number of ether oxygens (including phenoxy) is 2. The van der Waals surface area contributed by atoms with E-state index in [0.717, 1.165) is 28.2 Å². The summed E-state index contributed by atoms with van der Waals surface area (Å²) < 4.78 is 16.7. The number of nitrogens with one attached hydrogen (secondary N) is 1. The van der Waals surface area contributed by atoms with Gasteiger partial charge in [-0.25, -0.2) is 4.79 Å². The summed E-state index contributed by atoms with van der Waals surface area (Å²) in [6.07, 6.45) is -0.373. The van der Waals surface area contributed by atoms with E-state index < -0.39 is 17.8 Å². The number of rotatable bonds is 8. The molecule has 3 rings (SSSR count). The average molecular weight is 471 g/mol. The fourth-order valence-corrected chi connectivity index (χ4v) is 4.15. The summed E-state index contributed by atoms with van der Waals surface area (Å²) in [7, 11) is 0.